The van der Waals surface area contributed by atoms with Gasteiger partial charge in [0.25, 0.3) is 0 Å². The zero-order valence-corrected chi connectivity index (χ0v) is 9.19. The van der Waals surface area contributed by atoms with Crippen LogP contribution < -0.4 is 5.32 Å². The Kier molecular flexibility index (Phi) is 4.87. The van der Waals surface area contributed by atoms with Crippen LogP contribution in [0.15, 0.2) is 24.3 Å². The maximum Gasteiger partial charge on any atom is 0.407 e. The number of carbonyl (C=O) groups excluding carboxylic acids is 1. The number of rotatable bonds is 4. The van der Waals surface area contributed by atoms with Crippen LogP contribution in [-0.2, 0) is 11.2 Å². The molecule has 4 heteroatoms. The van der Waals surface area contributed by atoms with Gasteiger partial charge in [0, 0.05) is 6.54 Å². The topological polar surface area (TPSA) is 62.1 Å². The second-order valence-corrected chi connectivity index (χ2v) is 3.21. The summed E-state index contributed by atoms with van der Waals surface area (Å²) in [6, 6.07) is 9.40. The molecule has 1 aromatic carbocycles. The normalized spacial score (nSPS) is 9.25. The first-order valence-electron chi connectivity index (χ1n) is 5.16. The molecule has 0 bridgehead atoms. The molecule has 0 aliphatic heterocycles. The minimum Gasteiger partial charge on any atom is -0.450 e. The average molecular weight is 218 g/mol. The summed E-state index contributed by atoms with van der Waals surface area (Å²) in [6.45, 7) is 2.64. The van der Waals surface area contributed by atoms with Gasteiger partial charge in [0.05, 0.1) is 18.2 Å². The van der Waals surface area contributed by atoms with Crippen molar-refractivity contribution < 1.29 is 9.53 Å². The molecular weight excluding hydrogens is 204 g/mol. The molecule has 16 heavy (non-hydrogen) atoms. The van der Waals surface area contributed by atoms with E-state index in [4.69, 9.17) is 10.00 Å². The van der Waals surface area contributed by atoms with Crippen LogP contribution >= 0.6 is 0 Å². The van der Waals surface area contributed by atoms with E-state index in [-0.39, 0.29) is 0 Å². The molecule has 1 rings (SSSR count). The highest BCUT2D eigenvalue weighted by atomic mass is 16.5. The minimum absolute atomic E-state index is 0.371. The number of amides is 1. The molecule has 0 fully saturated rings. The standard InChI is InChI=1S/C12H14N2O2/c1-2-16-12(15)14-7-6-10-4-3-5-11(8-10)9-13/h3-5,8H,2,6-7H2,1H3,(H,14,15). The molecular formula is C12H14N2O2. The summed E-state index contributed by atoms with van der Waals surface area (Å²) in [5.41, 5.74) is 1.66. The highest BCUT2D eigenvalue weighted by molar-refractivity contribution is 5.67. The van der Waals surface area contributed by atoms with E-state index in [1.165, 1.54) is 0 Å². The summed E-state index contributed by atoms with van der Waals surface area (Å²) in [7, 11) is 0. The van der Waals surface area contributed by atoms with Crippen molar-refractivity contribution in [1.29, 1.82) is 5.26 Å². The van der Waals surface area contributed by atoms with Crippen molar-refractivity contribution in [3.8, 4) is 6.07 Å². The molecule has 84 valence electrons. The van der Waals surface area contributed by atoms with Crippen LogP contribution in [0.25, 0.3) is 0 Å². The summed E-state index contributed by atoms with van der Waals surface area (Å²) in [5, 5.41) is 11.3. The number of carbonyl (C=O) groups is 1. The van der Waals surface area contributed by atoms with Crippen molar-refractivity contribution >= 4 is 6.09 Å². The van der Waals surface area contributed by atoms with Crippen LogP contribution in [0.5, 0.6) is 0 Å². The van der Waals surface area contributed by atoms with Crippen LogP contribution in [-0.4, -0.2) is 19.2 Å². The zero-order chi connectivity index (χ0) is 11.8. The molecule has 0 radical (unpaired) electrons. The number of hydrogen-bond acceptors (Lipinski definition) is 3. The molecule has 0 aromatic heterocycles. The highest BCUT2D eigenvalue weighted by Gasteiger charge is 2.00. The number of nitrogens with one attached hydrogen (secondary N) is 1. The molecule has 1 N–H and O–H groups in total. The van der Waals surface area contributed by atoms with E-state index in [1.807, 2.05) is 18.2 Å². The van der Waals surface area contributed by atoms with E-state index in [0.717, 1.165) is 5.56 Å². The Balaban J connectivity index is 2.37. The van der Waals surface area contributed by atoms with Crippen molar-refractivity contribution in [3.63, 3.8) is 0 Å². The number of benzene rings is 1. The second kappa shape index (κ2) is 6.46. The molecule has 0 atom stereocenters. The largest absolute Gasteiger partial charge is 0.450 e. The quantitative estimate of drug-likeness (QED) is 0.838. The number of hydrogen-bond donors (Lipinski definition) is 1. The number of nitriles is 1. The van der Waals surface area contributed by atoms with E-state index >= 15 is 0 Å². The van der Waals surface area contributed by atoms with Crippen molar-refractivity contribution in [2.45, 2.75) is 13.3 Å². The maximum absolute atomic E-state index is 11.0. The van der Waals surface area contributed by atoms with Crippen molar-refractivity contribution in [2.75, 3.05) is 13.2 Å². The fourth-order valence-electron chi connectivity index (χ4n) is 1.29. The van der Waals surface area contributed by atoms with Crippen LogP contribution in [0.4, 0.5) is 4.79 Å². The zero-order valence-electron chi connectivity index (χ0n) is 9.19. The fraction of sp³-hybridized carbons (Fsp3) is 0.333. The lowest BCUT2D eigenvalue weighted by Gasteiger charge is -2.05. The Morgan fingerprint density at radius 1 is 1.56 bits per heavy atom. The molecule has 0 spiro atoms. The van der Waals surface area contributed by atoms with Gasteiger partial charge in [-0.1, -0.05) is 12.1 Å². The molecule has 1 aromatic rings. The van der Waals surface area contributed by atoms with Crippen molar-refractivity contribution in [3.05, 3.63) is 35.4 Å². The molecule has 0 unspecified atom stereocenters. The highest BCUT2D eigenvalue weighted by Crippen LogP contribution is 2.04. The first-order chi connectivity index (χ1) is 7.76. The number of alkyl carbamates (subject to hydrolysis) is 1. The Bertz CT molecular complexity index is 396. The average Bonchev–Trinajstić information content (AvgIpc) is 2.30. The third-order valence-electron chi connectivity index (χ3n) is 2.01. The predicted molar refractivity (Wildman–Crippen MR) is 59.9 cm³/mol. The molecule has 0 heterocycles. The van der Waals surface area contributed by atoms with Gasteiger partial charge in [0.2, 0.25) is 0 Å². The van der Waals surface area contributed by atoms with E-state index in [0.29, 0.717) is 25.1 Å². The van der Waals surface area contributed by atoms with Crippen LogP contribution in [0.2, 0.25) is 0 Å². The minimum atomic E-state index is -0.404. The van der Waals surface area contributed by atoms with Gasteiger partial charge in [-0.3, -0.25) is 0 Å². The number of nitrogens with zero attached hydrogens (tertiary/aromatic N) is 1. The SMILES string of the molecule is CCOC(=O)NCCc1cccc(C#N)c1. The summed E-state index contributed by atoms with van der Waals surface area (Å²) in [5.74, 6) is 0. The van der Waals surface area contributed by atoms with Crippen LogP contribution in [0.1, 0.15) is 18.1 Å². The molecule has 0 saturated carbocycles. The smallest absolute Gasteiger partial charge is 0.407 e. The van der Waals surface area contributed by atoms with E-state index in [2.05, 4.69) is 11.4 Å². The molecule has 4 nitrogen and oxygen atoms in total. The molecule has 0 aliphatic rings. The molecule has 0 saturated heterocycles. The second-order valence-electron chi connectivity index (χ2n) is 3.21. The summed E-state index contributed by atoms with van der Waals surface area (Å²) >= 11 is 0. The van der Waals surface area contributed by atoms with Gasteiger partial charge < -0.3 is 10.1 Å². The third kappa shape index (κ3) is 4.01. The summed E-state index contributed by atoms with van der Waals surface area (Å²) in [4.78, 5) is 11.0. The van der Waals surface area contributed by atoms with Crippen LogP contribution in [0.3, 0.4) is 0 Å². The van der Waals surface area contributed by atoms with Gasteiger partial charge in [-0.25, -0.2) is 4.79 Å². The lowest BCUT2D eigenvalue weighted by atomic mass is 10.1. The van der Waals surface area contributed by atoms with E-state index in [1.54, 1.807) is 13.0 Å². The van der Waals surface area contributed by atoms with Gasteiger partial charge in [-0.2, -0.15) is 5.26 Å². The van der Waals surface area contributed by atoms with Gasteiger partial charge in [-0.15, -0.1) is 0 Å². The van der Waals surface area contributed by atoms with Gasteiger partial charge in [-0.05, 0) is 31.0 Å². The Morgan fingerprint density at radius 3 is 3.06 bits per heavy atom. The van der Waals surface area contributed by atoms with Crippen molar-refractivity contribution in [2.24, 2.45) is 0 Å². The fourth-order valence-corrected chi connectivity index (χ4v) is 1.29. The van der Waals surface area contributed by atoms with Crippen molar-refractivity contribution in [1.82, 2.24) is 5.32 Å². The Morgan fingerprint density at radius 2 is 2.38 bits per heavy atom. The van der Waals surface area contributed by atoms with Gasteiger partial charge in [0.1, 0.15) is 0 Å². The first kappa shape index (κ1) is 12.1. The van der Waals surface area contributed by atoms with E-state index in [9.17, 15) is 4.79 Å². The van der Waals surface area contributed by atoms with Gasteiger partial charge >= 0.3 is 6.09 Å². The lowest BCUT2D eigenvalue weighted by Crippen LogP contribution is -2.26. The predicted octanol–water partition coefficient (Wildman–Crippen LogP) is 1.85. The first-order valence-corrected chi connectivity index (χ1v) is 5.16. The maximum atomic E-state index is 11.0. The third-order valence-corrected chi connectivity index (χ3v) is 2.01. The van der Waals surface area contributed by atoms with Crippen LogP contribution in [0, 0.1) is 11.3 Å². The molecule has 1 amide bonds. The monoisotopic (exact) mass is 218 g/mol. The van der Waals surface area contributed by atoms with E-state index < -0.39 is 6.09 Å². The summed E-state index contributed by atoms with van der Waals surface area (Å²) in [6.07, 6.45) is 0.285. The molecule has 0 aliphatic carbocycles. The Labute approximate surface area is 94.8 Å². The van der Waals surface area contributed by atoms with Gasteiger partial charge in [0.15, 0.2) is 0 Å². The number of ether oxygens (including phenoxy) is 1. The summed E-state index contributed by atoms with van der Waals surface area (Å²) < 4.78 is 4.72. The lowest BCUT2D eigenvalue weighted by molar-refractivity contribution is 0.152. The Hall–Kier alpha value is -2.02.